The van der Waals surface area contributed by atoms with Gasteiger partial charge in [-0.15, -0.1) is 11.3 Å². The molecule has 0 saturated carbocycles. The van der Waals surface area contributed by atoms with Crippen molar-refractivity contribution in [2.24, 2.45) is 5.73 Å². The van der Waals surface area contributed by atoms with E-state index in [1.807, 2.05) is 52.7 Å². The number of nitrogen functional groups attached to an aromatic ring is 1. The molecule has 0 aliphatic carbocycles. The Morgan fingerprint density at radius 1 is 1.08 bits per heavy atom. The molecular weight excluding hydrogens is 472 g/mol. The summed E-state index contributed by atoms with van der Waals surface area (Å²) in [6.45, 7) is 3.59. The van der Waals surface area contributed by atoms with Crippen molar-refractivity contribution in [2.45, 2.75) is 37.6 Å². The number of anilines is 2. The lowest BCUT2D eigenvalue weighted by atomic mass is 9.85. The quantitative estimate of drug-likeness (QED) is 0.435. The second-order valence-corrected chi connectivity index (χ2v) is 10.6. The number of nitrogens with zero attached hydrogens (tertiary/aromatic N) is 3. The summed E-state index contributed by atoms with van der Waals surface area (Å²) in [5.41, 5.74) is 15.3. The van der Waals surface area contributed by atoms with Crippen LogP contribution in [0.3, 0.4) is 0 Å². The molecule has 2 aliphatic rings. The van der Waals surface area contributed by atoms with Crippen LogP contribution in [-0.4, -0.2) is 58.4 Å². The zero-order chi connectivity index (χ0) is 25.1. The molecular formula is C27H32N6O2S. The highest BCUT2D eigenvalue weighted by molar-refractivity contribution is 7.13. The third kappa shape index (κ3) is 5.08. The number of thiophene rings is 1. The third-order valence-corrected chi connectivity index (χ3v) is 8.45. The van der Waals surface area contributed by atoms with Gasteiger partial charge in [-0.3, -0.25) is 9.78 Å². The molecule has 4 heterocycles. The average Bonchev–Trinajstić information content (AvgIpc) is 3.56. The van der Waals surface area contributed by atoms with E-state index in [2.05, 4.69) is 15.2 Å². The number of carbonyl (C=O) groups is 2. The third-order valence-electron chi connectivity index (χ3n) is 7.53. The van der Waals surface area contributed by atoms with Gasteiger partial charge in [0.15, 0.2) is 0 Å². The number of benzene rings is 1. The minimum Gasteiger partial charge on any atom is -0.397 e. The van der Waals surface area contributed by atoms with Crippen molar-refractivity contribution < 1.29 is 9.59 Å². The second kappa shape index (κ2) is 10.3. The SMILES string of the molecule is NC(=O)N1CCCC12CCN(CCc1ccc(C(=O)Nc3cc(-c4cccs4)ccc3N)cn1)CC2. The van der Waals surface area contributed by atoms with E-state index in [0.717, 1.165) is 74.4 Å². The van der Waals surface area contributed by atoms with Crippen molar-refractivity contribution in [3.8, 4) is 10.4 Å². The maximum Gasteiger partial charge on any atom is 0.315 e. The summed E-state index contributed by atoms with van der Waals surface area (Å²) in [4.78, 5) is 34.6. The van der Waals surface area contributed by atoms with Crippen LogP contribution in [0.2, 0.25) is 0 Å². The number of rotatable bonds is 6. The monoisotopic (exact) mass is 504 g/mol. The first-order valence-corrected chi connectivity index (χ1v) is 13.3. The molecule has 0 radical (unpaired) electrons. The van der Waals surface area contributed by atoms with E-state index < -0.39 is 0 Å². The highest BCUT2D eigenvalue weighted by atomic mass is 32.1. The van der Waals surface area contributed by atoms with Gasteiger partial charge in [0.25, 0.3) is 5.91 Å². The molecule has 188 valence electrons. The molecule has 2 fully saturated rings. The van der Waals surface area contributed by atoms with E-state index in [-0.39, 0.29) is 17.5 Å². The summed E-state index contributed by atoms with van der Waals surface area (Å²) in [5.74, 6) is -0.235. The zero-order valence-electron chi connectivity index (χ0n) is 20.3. The van der Waals surface area contributed by atoms with Gasteiger partial charge in [0.1, 0.15) is 0 Å². The van der Waals surface area contributed by atoms with Crippen LogP contribution in [0.25, 0.3) is 10.4 Å². The predicted octanol–water partition coefficient (Wildman–Crippen LogP) is 4.20. The Bertz CT molecular complexity index is 1220. The van der Waals surface area contributed by atoms with Gasteiger partial charge < -0.3 is 26.6 Å². The lowest BCUT2D eigenvalue weighted by molar-refractivity contribution is 0.0765. The van der Waals surface area contributed by atoms with E-state index in [9.17, 15) is 9.59 Å². The molecule has 5 N–H and O–H groups in total. The Morgan fingerprint density at radius 3 is 2.61 bits per heavy atom. The fraction of sp³-hybridized carbons (Fsp3) is 0.370. The topological polar surface area (TPSA) is 118 Å². The van der Waals surface area contributed by atoms with Crippen LogP contribution in [0.4, 0.5) is 16.2 Å². The largest absolute Gasteiger partial charge is 0.397 e. The summed E-state index contributed by atoms with van der Waals surface area (Å²) in [6.07, 6.45) is 6.47. The number of carbonyl (C=O) groups excluding carboxylic acids is 2. The molecule has 2 aromatic heterocycles. The lowest BCUT2D eigenvalue weighted by Gasteiger charge is -2.44. The average molecular weight is 505 g/mol. The number of primary amides is 1. The molecule has 3 aromatic rings. The highest BCUT2D eigenvalue weighted by Crippen LogP contribution is 2.38. The number of nitrogens with one attached hydrogen (secondary N) is 1. The lowest BCUT2D eigenvalue weighted by Crippen LogP contribution is -2.55. The number of amides is 3. The van der Waals surface area contributed by atoms with E-state index in [4.69, 9.17) is 11.5 Å². The molecule has 2 aliphatic heterocycles. The molecule has 2 saturated heterocycles. The Kier molecular flexibility index (Phi) is 6.93. The first-order valence-electron chi connectivity index (χ1n) is 12.4. The van der Waals surface area contributed by atoms with Gasteiger partial charge in [0, 0.05) is 54.9 Å². The normalized spacial score (nSPS) is 17.4. The number of aromatic nitrogens is 1. The standard InChI is InChI=1S/C27H32N6O2S/c28-22-7-5-19(24-3-1-16-36-24)17-23(22)31-25(34)20-4-6-21(30-18-20)8-13-32-14-10-27(11-15-32)9-2-12-33(27)26(29)35/h1,3-7,16-18H,2,8-15,28H2,(H2,29,35)(H,31,34). The minimum absolute atomic E-state index is 0.0394. The molecule has 9 heteroatoms. The number of hydrogen-bond acceptors (Lipinski definition) is 6. The zero-order valence-corrected chi connectivity index (χ0v) is 21.1. The van der Waals surface area contributed by atoms with Crippen molar-refractivity contribution >= 4 is 34.6 Å². The van der Waals surface area contributed by atoms with Crippen molar-refractivity contribution in [3.63, 3.8) is 0 Å². The van der Waals surface area contributed by atoms with Crippen molar-refractivity contribution in [1.29, 1.82) is 0 Å². The van der Waals surface area contributed by atoms with Crippen molar-refractivity contribution in [2.75, 3.05) is 37.2 Å². The predicted molar refractivity (Wildman–Crippen MR) is 144 cm³/mol. The van der Waals surface area contributed by atoms with E-state index >= 15 is 0 Å². The smallest absolute Gasteiger partial charge is 0.315 e. The maximum atomic E-state index is 12.8. The molecule has 1 aromatic carbocycles. The minimum atomic E-state index is -0.285. The van der Waals surface area contributed by atoms with Crippen molar-refractivity contribution in [3.05, 3.63) is 65.3 Å². The van der Waals surface area contributed by atoms with Gasteiger partial charge in [-0.05, 0) is 67.0 Å². The van der Waals surface area contributed by atoms with Crippen molar-refractivity contribution in [1.82, 2.24) is 14.8 Å². The van der Waals surface area contributed by atoms with Gasteiger partial charge in [-0.25, -0.2) is 4.79 Å². The van der Waals surface area contributed by atoms with Crippen LogP contribution in [0.15, 0.2) is 54.0 Å². The van der Waals surface area contributed by atoms with Gasteiger partial charge in [0.05, 0.1) is 16.9 Å². The molecule has 0 atom stereocenters. The van der Waals surface area contributed by atoms with Crippen LogP contribution in [0, 0.1) is 0 Å². The molecule has 8 nitrogen and oxygen atoms in total. The fourth-order valence-electron chi connectivity index (χ4n) is 5.43. The number of urea groups is 1. The number of likely N-dealkylation sites (tertiary alicyclic amines) is 2. The highest BCUT2D eigenvalue weighted by Gasteiger charge is 2.44. The van der Waals surface area contributed by atoms with Crippen LogP contribution >= 0.6 is 11.3 Å². The first kappa shape index (κ1) is 24.3. The van der Waals surface area contributed by atoms with Crippen LogP contribution < -0.4 is 16.8 Å². The second-order valence-electron chi connectivity index (χ2n) is 9.68. The summed E-state index contributed by atoms with van der Waals surface area (Å²) < 4.78 is 0. The Balaban J connectivity index is 1.14. The van der Waals surface area contributed by atoms with Gasteiger partial charge in [-0.1, -0.05) is 12.1 Å². The van der Waals surface area contributed by atoms with Crippen LogP contribution in [0.5, 0.6) is 0 Å². The molecule has 5 rings (SSSR count). The van der Waals surface area contributed by atoms with Crippen LogP contribution in [-0.2, 0) is 6.42 Å². The fourth-order valence-corrected chi connectivity index (χ4v) is 6.15. The number of piperidine rings is 1. The maximum absolute atomic E-state index is 12.8. The first-order chi connectivity index (χ1) is 17.4. The van der Waals surface area contributed by atoms with E-state index in [1.165, 1.54) is 0 Å². The van der Waals surface area contributed by atoms with Gasteiger partial charge >= 0.3 is 6.03 Å². The van der Waals surface area contributed by atoms with E-state index in [0.29, 0.717) is 16.9 Å². The molecule has 0 bridgehead atoms. The van der Waals surface area contributed by atoms with Crippen LogP contribution in [0.1, 0.15) is 41.7 Å². The summed E-state index contributed by atoms with van der Waals surface area (Å²) in [7, 11) is 0. The number of nitrogens with two attached hydrogens (primary N) is 2. The molecule has 36 heavy (non-hydrogen) atoms. The molecule has 1 spiro atoms. The Morgan fingerprint density at radius 2 is 1.92 bits per heavy atom. The summed E-state index contributed by atoms with van der Waals surface area (Å²) >= 11 is 1.64. The Labute approximate surface area is 215 Å². The molecule has 0 unspecified atom stereocenters. The summed E-state index contributed by atoms with van der Waals surface area (Å²) in [6, 6.07) is 13.1. The van der Waals surface area contributed by atoms with E-state index in [1.54, 1.807) is 17.5 Å². The number of hydrogen-bond donors (Lipinski definition) is 3. The van der Waals surface area contributed by atoms with Gasteiger partial charge in [0.2, 0.25) is 0 Å². The summed E-state index contributed by atoms with van der Waals surface area (Å²) in [5, 5.41) is 4.94. The number of pyridine rings is 1. The molecule has 3 amide bonds. The Hall–Kier alpha value is -3.43. The van der Waals surface area contributed by atoms with Gasteiger partial charge in [-0.2, -0.15) is 0 Å².